The van der Waals surface area contributed by atoms with E-state index in [1.807, 2.05) is 37.3 Å². The molecule has 0 radical (unpaired) electrons. The number of rotatable bonds is 6. The second-order valence-electron chi connectivity index (χ2n) is 4.77. The molecule has 0 fully saturated rings. The Hall–Kier alpha value is -2.68. The summed E-state index contributed by atoms with van der Waals surface area (Å²) in [4.78, 5) is 24.1. The van der Waals surface area contributed by atoms with E-state index in [1.165, 1.54) is 0 Å². The summed E-state index contributed by atoms with van der Waals surface area (Å²) >= 11 is 0. The molecule has 3 heteroatoms. The summed E-state index contributed by atoms with van der Waals surface area (Å²) in [5, 5.41) is 0. The summed E-state index contributed by atoms with van der Waals surface area (Å²) in [6.07, 6.45) is 4.56. The molecule has 0 aliphatic heterocycles. The van der Waals surface area contributed by atoms with Crippen LogP contribution >= 0.6 is 0 Å². The number of hydrogen-bond donors (Lipinski definition) is 0. The maximum Gasteiger partial charge on any atom is 0.338 e. The SMILES string of the molecule is CC=CCCOC(=O)c1ccc(C(=O)c2ccccc2)cc1. The van der Waals surface area contributed by atoms with Gasteiger partial charge in [0.25, 0.3) is 0 Å². The molecule has 2 aromatic carbocycles. The summed E-state index contributed by atoms with van der Waals surface area (Å²) in [5.74, 6) is -0.434. The second-order valence-corrected chi connectivity index (χ2v) is 4.77. The molecular formula is C19H18O3. The smallest absolute Gasteiger partial charge is 0.338 e. The van der Waals surface area contributed by atoms with Gasteiger partial charge in [-0.3, -0.25) is 4.79 Å². The van der Waals surface area contributed by atoms with E-state index in [0.717, 1.165) is 0 Å². The van der Waals surface area contributed by atoms with Crippen LogP contribution in [0.25, 0.3) is 0 Å². The number of allylic oxidation sites excluding steroid dienone is 1. The second kappa shape index (κ2) is 7.93. The minimum atomic E-state index is -0.372. The number of carbonyl (C=O) groups excluding carboxylic acids is 2. The van der Waals surface area contributed by atoms with Gasteiger partial charge in [-0.1, -0.05) is 54.6 Å². The van der Waals surface area contributed by atoms with Crippen LogP contribution in [0.1, 0.15) is 39.6 Å². The molecule has 0 bridgehead atoms. The van der Waals surface area contributed by atoms with Crippen molar-refractivity contribution in [3.05, 3.63) is 83.4 Å². The molecule has 2 rings (SSSR count). The van der Waals surface area contributed by atoms with Crippen molar-refractivity contribution in [1.82, 2.24) is 0 Å². The molecule has 0 unspecified atom stereocenters. The molecule has 22 heavy (non-hydrogen) atoms. The summed E-state index contributed by atoms with van der Waals surface area (Å²) in [5.41, 5.74) is 1.63. The number of benzene rings is 2. The maximum atomic E-state index is 12.2. The number of carbonyl (C=O) groups is 2. The van der Waals surface area contributed by atoms with E-state index in [0.29, 0.717) is 29.7 Å². The Labute approximate surface area is 130 Å². The van der Waals surface area contributed by atoms with Gasteiger partial charge >= 0.3 is 5.97 Å². The summed E-state index contributed by atoms with van der Waals surface area (Å²) < 4.78 is 5.14. The summed E-state index contributed by atoms with van der Waals surface area (Å²) in [6.45, 7) is 2.28. The Balaban J connectivity index is 2.01. The number of ether oxygens (including phenoxy) is 1. The summed E-state index contributed by atoms with van der Waals surface area (Å²) in [6, 6.07) is 15.6. The molecule has 3 nitrogen and oxygen atoms in total. The van der Waals surface area contributed by atoms with Crippen LogP contribution in [-0.2, 0) is 4.74 Å². The molecular weight excluding hydrogens is 276 g/mol. The lowest BCUT2D eigenvalue weighted by Gasteiger charge is -2.05. The van der Waals surface area contributed by atoms with Crippen LogP contribution in [0.4, 0.5) is 0 Å². The molecule has 0 spiro atoms. The van der Waals surface area contributed by atoms with Crippen LogP contribution in [-0.4, -0.2) is 18.4 Å². The maximum absolute atomic E-state index is 12.2. The predicted octanol–water partition coefficient (Wildman–Crippen LogP) is 4.04. The quantitative estimate of drug-likeness (QED) is 0.349. The van der Waals surface area contributed by atoms with Crippen LogP contribution in [0.15, 0.2) is 66.7 Å². The fourth-order valence-electron chi connectivity index (χ4n) is 1.98. The zero-order chi connectivity index (χ0) is 15.8. The van der Waals surface area contributed by atoms with E-state index in [4.69, 9.17) is 4.74 Å². The minimum absolute atomic E-state index is 0.0615. The van der Waals surface area contributed by atoms with E-state index in [-0.39, 0.29) is 11.8 Å². The van der Waals surface area contributed by atoms with E-state index in [9.17, 15) is 9.59 Å². The normalized spacial score (nSPS) is 10.6. The third kappa shape index (κ3) is 4.16. The van der Waals surface area contributed by atoms with Crippen molar-refractivity contribution < 1.29 is 14.3 Å². The first-order valence-electron chi connectivity index (χ1n) is 7.20. The Morgan fingerprint density at radius 2 is 1.50 bits per heavy atom. The Morgan fingerprint density at radius 3 is 2.14 bits per heavy atom. The highest BCUT2D eigenvalue weighted by atomic mass is 16.5. The van der Waals surface area contributed by atoms with Crippen LogP contribution in [0, 0.1) is 0 Å². The fourth-order valence-corrected chi connectivity index (χ4v) is 1.98. The lowest BCUT2D eigenvalue weighted by atomic mass is 10.0. The molecule has 2 aromatic rings. The molecule has 0 heterocycles. The molecule has 0 aromatic heterocycles. The molecule has 0 amide bonds. The standard InChI is InChI=1S/C19H18O3/c1-2-3-7-14-22-19(21)17-12-10-16(11-13-17)18(20)15-8-5-4-6-9-15/h2-6,8-13H,7,14H2,1H3. The Kier molecular flexibility index (Phi) is 5.66. The molecule has 0 atom stereocenters. The Morgan fingerprint density at radius 1 is 0.909 bits per heavy atom. The lowest BCUT2D eigenvalue weighted by molar-refractivity contribution is 0.0511. The fraction of sp³-hybridized carbons (Fsp3) is 0.158. The third-order valence-electron chi connectivity index (χ3n) is 3.17. The van der Waals surface area contributed by atoms with Crippen LogP contribution in [0.3, 0.4) is 0 Å². The highest BCUT2D eigenvalue weighted by Crippen LogP contribution is 2.12. The van der Waals surface area contributed by atoms with Gasteiger partial charge in [0.05, 0.1) is 12.2 Å². The number of ketones is 1. The van der Waals surface area contributed by atoms with Crippen LogP contribution in [0.2, 0.25) is 0 Å². The van der Waals surface area contributed by atoms with Crippen molar-refractivity contribution >= 4 is 11.8 Å². The van der Waals surface area contributed by atoms with Gasteiger partial charge in [-0.15, -0.1) is 0 Å². The third-order valence-corrected chi connectivity index (χ3v) is 3.17. The van der Waals surface area contributed by atoms with Crippen LogP contribution in [0.5, 0.6) is 0 Å². The monoisotopic (exact) mass is 294 g/mol. The van der Waals surface area contributed by atoms with Crippen molar-refractivity contribution in [2.45, 2.75) is 13.3 Å². The lowest BCUT2D eigenvalue weighted by Crippen LogP contribution is -2.07. The minimum Gasteiger partial charge on any atom is -0.462 e. The number of esters is 1. The zero-order valence-corrected chi connectivity index (χ0v) is 12.5. The predicted molar refractivity (Wildman–Crippen MR) is 86.0 cm³/mol. The average molecular weight is 294 g/mol. The van der Waals surface area contributed by atoms with E-state index in [2.05, 4.69) is 0 Å². The van der Waals surface area contributed by atoms with Gasteiger partial charge in [-0.05, 0) is 25.5 Å². The average Bonchev–Trinajstić information content (AvgIpc) is 2.59. The Bertz CT molecular complexity index is 655. The van der Waals surface area contributed by atoms with Crippen molar-refractivity contribution in [1.29, 1.82) is 0 Å². The van der Waals surface area contributed by atoms with Crippen molar-refractivity contribution in [2.75, 3.05) is 6.61 Å². The van der Waals surface area contributed by atoms with Gasteiger partial charge in [-0.2, -0.15) is 0 Å². The van der Waals surface area contributed by atoms with Crippen molar-refractivity contribution in [3.8, 4) is 0 Å². The van der Waals surface area contributed by atoms with Crippen molar-refractivity contribution in [2.24, 2.45) is 0 Å². The van der Waals surface area contributed by atoms with Crippen LogP contribution < -0.4 is 0 Å². The summed E-state index contributed by atoms with van der Waals surface area (Å²) in [7, 11) is 0. The number of hydrogen-bond acceptors (Lipinski definition) is 3. The van der Waals surface area contributed by atoms with Gasteiger partial charge in [-0.25, -0.2) is 4.79 Å². The first kappa shape index (κ1) is 15.7. The van der Waals surface area contributed by atoms with Crippen molar-refractivity contribution in [3.63, 3.8) is 0 Å². The van der Waals surface area contributed by atoms with Gasteiger partial charge < -0.3 is 4.74 Å². The van der Waals surface area contributed by atoms with Gasteiger partial charge in [0.1, 0.15) is 0 Å². The highest BCUT2D eigenvalue weighted by Gasteiger charge is 2.11. The zero-order valence-electron chi connectivity index (χ0n) is 12.5. The largest absolute Gasteiger partial charge is 0.462 e. The molecule has 0 saturated carbocycles. The first-order chi connectivity index (χ1) is 10.7. The van der Waals surface area contributed by atoms with Gasteiger partial charge in [0.2, 0.25) is 0 Å². The highest BCUT2D eigenvalue weighted by molar-refractivity contribution is 6.09. The van der Waals surface area contributed by atoms with E-state index < -0.39 is 0 Å². The van der Waals surface area contributed by atoms with Gasteiger partial charge in [0, 0.05) is 11.1 Å². The first-order valence-corrected chi connectivity index (χ1v) is 7.20. The molecule has 0 N–H and O–H groups in total. The van der Waals surface area contributed by atoms with E-state index in [1.54, 1.807) is 36.4 Å². The molecule has 0 aliphatic rings. The molecule has 0 aliphatic carbocycles. The van der Waals surface area contributed by atoms with E-state index >= 15 is 0 Å². The molecule has 0 saturated heterocycles. The topological polar surface area (TPSA) is 43.4 Å². The molecule has 112 valence electrons. The van der Waals surface area contributed by atoms with Gasteiger partial charge in [0.15, 0.2) is 5.78 Å².